The summed E-state index contributed by atoms with van der Waals surface area (Å²) in [4.78, 5) is 3.41. The van der Waals surface area contributed by atoms with Gasteiger partial charge >= 0.3 is 5.87 Å². The lowest BCUT2D eigenvalue weighted by atomic mass is 9.85. The first-order valence-corrected chi connectivity index (χ1v) is 18.6. The van der Waals surface area contributed by atoms with Gasteiger partial charge in [-0.15, -0.1) is 4.79 Å². The van der Waals surface area contributed by atoms with Crippen LogP contribution in [-0.4, -0.2) is 10.7 Å². The molecule has 0 unspecified atom stereocenters. The SMILES string of the molecule is CCCCCCCCCCCCCCCc1cccc(C(=C(CC)C(=C=[N+]=[N-])CCCCC)c2cccc(CCCC)c2)c1. The Bertz CT molecular complexity index is 1160. The first kappa shape index (κ1) is 37.5. The third kappa shape index (κ3) is 14.9. The smallest absolute Gasteiger partial charge is 0.303 e. The van der Waals surface area contributed by atoms with Crippen molar-refractivity contribution in [2.75, 3.05) is 0 Å². The Kier molecular flexibility index (Phi) is 21.0. The van der Waals surface area contributed by atoms with Gasteiger partial charge in [0.1, 0.15) is 0 Å². The summed E-state index contributed by atoms with van der Waals surface area (Å²) >= 11 is 0. The molecule has 2 nitrogen and oxygen atoms in total. The normalized spacial score (nSPS) is 11.6. The number of unbranched alkanes of at least 4 members (excludes halogenated alkanes) is 15. The van der Waals surface area contributed by atoms with E-state index < -0.39 is 0 Å². The number of allylic oxidation sites excluding steroid dienone is 2. The Morgan fingerprint density at radius 3 is 1.50 bits per heavy atom. The van der Waals surface area contributed by atoms with Gasteiger partial charge in [-0.05, 0) is 78.3 Å². The van der Waals surface area contributed by atoms with Gasteiger partial charge in [0, 0.05) is 0 Å². The van der Waals surface area contributed by atoms with Gasteiger partial charge in [0.2, 0.25) is 0 Å². The molecule has 2 aromatic carbocycles. The van der Waals surface area contributed by atoms with Crippen LogP contribution in [0.1, 0.15) is 178 Å². The number of rotatable bonds is 25. The summed E-state index contributed by atoms with van der Waals surface area (Å²) in [6, 6.07) is 18.4. The Morgan fingerprint density at radius 1 is 0.568 bits per heavy atom. The van der Waals surface area contributed by atoms with E-state index in [2.05, 4.69) is 86.9 Å². The monoisotopic (exact) mass is 597 g/mol. The first-order chi connectivity index (χ1) is 21.7. The topological polar surface area (TPSA) is 36.4 Å². The van der Waals surface area contributed by atoms with Crippen molar-refractivity contribution in [3.63, 3.8) is 0 Å². The molecule has 0 amide bonds. The van der Waals surface area contributed by atoms with Crippen LogP contribution in [0, 0.1) is 0 Å². The highest BCUT2D eigenvalue weighted by Crippen LogP contribution is 2.34. The molecule has 0 bridgehead atoms. The quantitative estimate of drug-likeness (QED) is 0.0359. The minimum absolute atomic E-state index is 0.877. The van der Waals surface area contributed by atoms with Crippen molar-refractivity contribution >= 4 is 11.4 Å². The predicted octanol–water partition coefficient (Wildman–Crippen LogP) is 13.3. The molecule has 0 spiro atoms. The van der Waals surface area contributed by atoms with Gasteiger partial charge in [0.05, 0.1) is 5.57 Å². The molecular weight excluding hydrogens is 532 g/mol. The molecule has 0 atom stereocenters. The van der Waals surface area contributed by atoms with E-state index in [0.29, 0.717) is 0 Å². The number of nitrogens with zero attached hydrogens (tertiary/aromatic N) is 2. The van der Waals surface area contributed by atoms with E-state index in [-0.39, 0.29) is 0 Å². The second-order valence-corrected chi connectivity index (χ2v) is 12.9. The van der Waals surface area contributed by atoms with Crippen molar-refractivity contribution in [2.45, 2.75) is 169 Å². The fourth-order valence-corrected chi connectivity index (χ4v) is 6.44. The number of hydrogen-bond donors (Lipinski definition) is 0. The predicted molar refractivity (Wildman–Crippen MR) is 193 cm³/mol. The van der Waals surface area contributed by atoms with Crippen molar-refractivity contribution in [3.05, 3.63) is 87.5 Å². The minimum atomic E-state index is 0.877. The zero-order valence-electron chi connectivity index (χ0n) is 29.1. The summed E-state index contributed by atoms with van der Waals surface area (Å²) in [6.45, 7) is 9.01. The lowest BCUT2D eigenvalue weighted by Gasteiger charge is -2.18. The molecule has 0 heterocycles. The van der Waals surface area contributed by atoms with Crippen molar-refractivity contribution in [2.24, 2.45) is 0 Å². The second-order valence-electron chi connectivity index (χ2n) is 12.9. The second kappa shape index (κ2) is 24.6. The number of aryl methyl sites for hydroxylation is 2. The van der Waals surface area contributed by atoms with Crippen molar-refractivity contribution in [1.82, 2.24) is 0 Å². The molecule has 0 radical (unpaired) electrons. The summed E-state index contributed by atoms with van der Waals surface area (Å²) < 4.78 is 0. The lowest BCUT2D eigenvalue weighted by Crippen LogP contribution is -2.01. The Labute approximate surface area is 272 Å². The Balaban J connectivity index is 2.13. The van der Waals surface area contributed by atoms with E-state index in [1.807, 2.05) is 0 Å². The largest absolute Gasteiger partial charge is 0.348 e. The maximum Gasteiger partial charge on any atom is 0.303 e. The van der Waals surface area contributed by atoms with Gasteiger partial charge in [-0.3, -0.25) is 0 Å². The highest BCUT2D eigenvalue weighted by Gasteiger charge is 2.17. The van der Waals surface area contributed by atoms with Crippen LogP contribution >= 0.6 is 0 Å². The summed E-state index contributed by atoms with van der Waals surface area (Å²) in [5.74, 6) is 3.00. The zero-order valence-corrected chi connectivity index (χ0v) is 29.1. The van der Waals surface area contributed by atoms with E-state index in [9.17, 15) is 5.53 Å². The average molecular weight is 597 g/mol. The zero-order chi connectivity index (χ0) is 31.7. The van der Waals surface area contributed by atoms with Crippen molar-refractivity contribution < 1.29 is 4.79 Å². The molecule has 2 aromatic rings. The Morgan fingerprint density at radius 2 is 1.02 bits per heavy atom. The molecule has 0 aliphatic rings. The molecule has 0 saturated heterocycles. The summed E-state index contributed by atoms with van der Waals surface area (Å²) in [5, 5.41) is 0. The van der Waals surface area contributed by atoms with E-state index in [1.54, 1.807) is 0 Å². The standard InChI is InChI=1S/C42H64N2/c1-5-9-12-13-14-15-16-17-18-19-20-21-23-27-37-29-25-32-39(34-37)42(38-31-24-28-36(33-38)26-11-7-3)41(8-4)40(35-44-43)30-22-10-6-2/h24-25,28-29,31-34H,5-23,26-27,30H2,1-4H3. The Hall–Kier alpha value is -2.66. The molecule has 0 N–H and O–H groups in total. The highest BCUT2D eigenvalue weighted by molar-refractivity contribution is 5.87. The van der Waals surface area contributed by atoms with Crippen LogP contribution in [0.3, 0.4) is 0 Å². The maximum absolute atomic E-state index is 9.57. The first-order valence-electron chi connectivity index (χ1n) is 18.6. The molecule has 0 aliphatic carbocycles. The van der Waals surface area contributed by atoms with Crippen molar-refractivity contribution in [3.8, 4) is 0 Å². The molecule has 2 rings (SSSR count). The fraction of sp³-hybridized carbons (Fsp3) is 0.619. The third-order valence-corrected chi connectivity index (χ3v) is 9.05. The van der Waals surface area contributed by atoms with Crippen LogP contribution in [-0.2, 0) is 12.8 Å². The van der Waals surface area contributed by atoms with Crippen LogP contribution in [0.5, 0.6) is 0 Å². The summed E-state index contributed by atoms with van der Waals surface area (Å²) in [5.41, 5.74) is 18.5. The van der Waals surface area contributed by atoms with Gasteiger partial charge in [-0.1, -0.05) is 173 Å². The highest BCUT2D eigenvalue weighted by atomic mass is 14.8. The van der Waals surface area contributed by atoms with Gasteiger partial charge in [0.15, 0.2) is 0 Å². The van der Waals surface area contributed by atoms with Gasteiger partial charge in [-0.25, -0.2) is 0 Å². The fourth-order valence-electron chi connectivity index (χ4n) is 6.44. The van der Waals surface area contributed by atoms with E-state index in [0.717, 1.165) is 37.7 Å². The summed E-state index contributed by atoms with van der Waals surface area (Å²) in [6.07, 6.45) is 27.9. The minimum Gasteiger partial charge on any atom is -0.348 e. The van der Waals surface area contributed by atoms with Crippen LogP contribution < -0.4 is 0 Å². The van der Waals surface area contributed by atoms with Crippen molar-refractivity contribution in [1.29, 1.82) is 0 Å². The van der Waals surface area contributed by atoms with Crippen LogP contribution in [0.15, 0.2) is 59.7 Å². The number of hydrogen-bond acceptors (Lipinski definition) is 0. The maximum atomic E-state index is 9.57. The number of benzene rings is 2. The van der Waals surface area contributed by atoms with E-state index in [1.165, 1.54) is 143 Å². The van der Waals surface area contributed by atoms with E-state index in [4.69, 9.17) is 0 Å². The molecule has 0 saturated carbocycles. The molecule has 0 aromatic heterocycles. The van der Waals surface area contributed by atoms with Gasteiger partial charge in [-0.2, -0.15) is 0 Å². The lowest BCUT2D eigenvalue weighted by molar-refractivity contribution is 0.00739. The average Bonchev–Trinajstić information content (AvgIpc) is 3.04. The van der Waals surface area contributed by atoms with Crippen LogP contribution in [0.25, 0.3) is 11.1 Å². The molecular formula is C42H64N2. The summed E-state index contributed by atoms with van der Waals surface area (Å²) in [7, 11) is 0. The van der Waals surface area contributed by atoms with Crippen LogP contribution in [0.4, 0.5) is 0 Å². The van der Waals surface area contributed by atoms with Gasteiger partial charge < -0.3 is 5.53 Å². The molecule has 0 aliphatic heterocycles. The molecule has 44 heavy (non-hydrogen) atoms. The molecule has 0 fully saturated rings. The third-order valence-electron chi connectivity index (χ3n) is 9.05. The van der Waals surface area contributed by atoms with E-state index >= 15 is 0 Å². The molecule has 242 valence electrons. The van der Waals surface area contributed by atoms with Gasteiger partial charge in [0.25, 0.3) is 0 Å². The molecule has 2 heteroatoms. The van der Waals surface area contributed by atoms with Crippen LogP contribution in [0.2, 0.25) is 0 Å².